The highest BCUT2D eigenvalue weighted by Crippen LogP contribution is 2.27. The van der Waals surface area contributed by atoms with Gasteiger partial charge in [0, 0.05) is 59.8 Å². The van der Waals surface area contributed by atoms with E-state index in [-0.39, 0.29) is 16.6 Å². The molecule has 4 heteroatoms. The fraction of sp³-hybridized carbons (Fsp3) is 0.889. The summed E-state index contributed by atoms with van der Waals surface area (Å²) in [6.45, 7) is 15.7. The minimum absolute atomic E-state index is 0.0973. The van der Waals surface area contributed by atoms with Gasteiger partial charge in [0.2, 0.25) is 0 Å². The third-order valence-electron chi connectivity index (χ3n) is 4.52. The molecule has 22 heavy (non-hydrogen) atoms. The summed E-state index contributed by atoms with van der Waals surface area (Å²) in [5.74, 6) is 0. The predicted molar refractivity (Wildman–Crippen MR) is 95.9 cm³/mol. The Hall–Kier alpha value is -0.740. The van der Waals surface area contributed by atoms with Crippen LogP contribution in [0.15, 0.2) is 10.2 Å². The second kappa shape index (κ2) is 6.04. The van der Waals surface area contributed by atoms with E-state index in [4.69, 9.17) is 0 Å². The molecule has 2 heterocycles. The molecule has 1 unspecified atom stereocenters. The van der Waals surface area contributed by atoms with Gasteiger partial charge >= 0.3 is 0 Å². The Morgan fingerprint density at radius 2 is 1.36 bits per heavy atom. The Bertz CT molecular complexity index is 453. The van der Waals surface area contributed by atoms with Crippen molar-refractivity contribution in [3.63, 3.8) is 0 Å². The first-order chi connectivity index (χ1) is 10.0. The Morgan fingerprint density at radius 1 is 0.864 bits per heavy atom. The van der Waals surface area contributed by atoms with E-state index in [1.807, 2.05) is 0 Å². The zero-order chi connectivity index (χ0) is 16.6. The van der Waals surface area contributed by atoms with Crippen LogP contribution in [0.3, 0.4) is 0 Å². The zero-order valence-electron chi connectivity index (χ0n) is 15.5. The van der Waals surface area contributed by atoms with E-state index in [0.717, 1.165) is 32.1 Å². The lowest BCUT2D eigenvalue weighted by molar-refractivity contribution is 0.252. The molecule has 2 saturated heterocycles. The van der Waals surface area contributed by atoms with E-state index >= 15 is 0 Å². The summed E-state index contributed by atoms with van der Waals surface area (Å²) >= 11 is 0. The number of piperidine rings is 2. The van der Waals surface area contributed by atoms with Gasteiger partial charge in [0.05, 0.1) is 0 Å². The lowest BCUT2D eigenvalue weighted by atomic mass is 9.81. The van der Waals surface area contributed by atoms with Crippen LogP contribution in [-0.2, 0) is 0 Å². The minimum Gasteiger partial charge on any atom is -0.308 e. The van der Waals surface area contributed by atoms with Gasteiger partial charge in [-0.15, -0.1) is 0 Å². The number of rotatable bonds is 2. The second-order valence-corrected chi connectivity index (χ2v) is 9.09. The van der Waals surface area contributed by atoms with Crippen molar-refractivity contribution in [2.45, 2.75) is 103 Å². The molecule has 0 aromatic rings. The maximum Gasteiger partial charge on any atom is 0.0442 e. The van der Waals surface area contributed by atoms with Crippen LogP contribution in [-0.4, -0.2) is 34.1 Å². The molecule has 2 N–H and O–H groups in total. The van der Waals surface area contributed by atoms with Crippen molar-refractivity contribution < 1.29 is 0 Å². The summed E-state index contributed by atoms with van der Waals surface area (Å²) in [5, 5.41) is 16.7. The Labute approximate surface area is 136 Å². The average Bonchev–Trinajstić information content (AvgIpc) is 2.30. The van der Waals surface area contributed by atoms with E-state index < -0.39 is 0 Å². The van der Waals surface area contributed by atoms with Crippen molar-refractivity contribution >= 4 is 11.4 Å². The summed E-state index contributed by atoms with van der Waals surface area (Å²) in [4.78, 5) is 0. The first kappa shape index (κ1) is 17.6. The zero-order valence-corrected chi connectivity index (χ0v) is 15.5. The molecule has 2 aliphatic heterocycles. The van der Waals surface area contributed by atoms with Crippen LogP contribution >= 0.6 is 0 Å². The quantitative estimate of drug-likeness (QED) is 0.765. The summed E-state index contributed by atoms with van der Waals surface area (Å²) in [6, 6.07) is 0.531. The SMILES string of the molecule is CCC1CC(=NN=C2CC(C)(C)NC(C)(C)C2)CC(C)(C)N1. The molecule has 0 saturated carbocycles. The van der Waals surface area contributed by atoms with Gasteiger partial charge < -0.3 is 10.6 Å². The maximum atomic E-state index is 4.67. The number of hydrogen-bond acceptors (Lipinski definition) is 4. The molecule has 126 valence electrons. The predicted octanol–water partition coefficient (Wildman–Crippen LogP) is 3.66. The van der Waals surface area contributed by atoms with Gasteiger partial charge in [-0.05, 0) is 48.0 Å². The summed E-state index contributed by atoms with van der Waals surface area (Å²) in [6.07, 6.45) is 5.12. The Morgan fingerprint density at radius 3 is 1.91 bits per heavy atom. The van der Waals surface area contributed by atoms with Crippen LogP contribution in [0.2, 0.25) is 0 Å². The monoisotopic (exact) mass is 306 g/mol. The van der Waals surface area contributed by atoms with Gasteiger partial charge in [0.1, 0.15) is 0 Å². The largest absolute Gasteiger partial charge is 0.308 e. The third-order valence-corrected chi connectivity index (χ3v) is 4.52. The minimum atomic E-state index is 0.0973. The number of nitrogens with one attached hydrogen (secondary N) is 2. The Kier molecular flexibility index (Phi) is 4.84. The molecule has 0 amide bonds. The first-order valence-electron chi connectivity index (χ1n) is 8.68. The lowest BCUT2D eigenvalue weighted by Crippen LogP contribution is -2.58. The molecule has 0 aromatic carbocycles. The molecule has 1 atom stereocenters. The first-order valence-corrected chi connectivity index (χ1v) is 8.68. The van der Waals surface area contributed by atoms with Gasteiger partial charge in [-0.25, -0.2) is 0 Å². The van der Waals surface area contributed by atoms with E-state index in [2.05, 4.69) is 69.3 Å². The molecule has 0 spiro atoms. The highest BCUT2D eigenvalue weighted by atomic mass is 15.2. The van der Waals surface area contributed by atoms with E-state index in [9.17, 15) is 0 Å². The van der Waals surface area contributed by atoms with Crippen molar-refractivity contribution in [3.8, 4) is 0 Å². The van der Waals surface area contributed by atoms with Crippen LogP contribution in [0.4, 0.5) is 0 Å². The molecular weight excluding hydrogens is 272 g/mol. The smallest absolute Gasteiger partial charge is 0.0442 e. The average molecular weight is 306 g/mol. The van der Waals surface area contributed by atoms with Gasteiger partial charge in [0.25, 0.3) is 0 Å². The standard InChI is InChI=1S/C18H34N4/c1-8-13-9-14(10-16(2,3)19-13)20-21-15-11-17(4,5)22-18(6,7)12-15/h13,19,22H,8-12H2,1-7H3. The van der Waals surface area contributed by atoms with Crippen molar-refractivity contribution in [1.82, 2.24) is 10.6 Å². The van der Waals surface area contributed by atoms with Crippen LogP contribution < -0.4 is 10.6 Å². The normalized spacial score (nSPS) is 32.0. The summed E-state index contributed by atoms with van der Waals surface area (Å²) in [5.41, 5.74) is 2.80. The molecule has 2 rings (SSSR count). The molecule has 0 aliphatic carbocycles. The number of hydrogen-bond donors (Lipinski definition) is 2. The topological polar surface area (TPSA) is 48.8 Å². The van der Waals surface area contributed by atoms with Crippen LogP contribution in [0, 0.1) is 0 Å². The fourth-order valence-corrected chi connectivity index (χ4v) is 4.14. The van der Waals surface area contributed by atoms with Crippen molar-refractivity contribution in [1.29, 1.82) is 0 Å². The van der Waals surface area contributed by atoms with Crippen molar-refractivity contribution in [2.24, 2.45) is 10.2 Å². The van der Waals surface area contributed by atoms with Crippen LogP contribution in [0.1, 0.15) is 80.6 Å². The van der Waals surface area contributed by atoms with Crippen molar-refractivity contribution in [2.75, 3.05) is 0 Å². The second-order valence-electron chi connectivity index (χ2n) is 9.09. The Balaban J connectivity index is 2.14. The van der Waals surface area contributed by atoms with Gasteiger partial charge in [-0.3, -0.25) is 0 Å². The molecule has 2 fully saturated rings. The highest BCUT2D eigenvalue weighted by molar-refractivity contribution is 5.90. The van der Waals surface area contributed by atoms with Gasteiger partial charge in [-0.2, -0.15) is 10.2 Å². The summed E-state index contributed by atoms with van der Waals surface area (Å²) < 4.78 is 0. The van der Waals surface area contributed by atoms with E-state index in [1.165, 1.54) is 11.4 Å². The highest BCUT2D eigenvalue weighted by Gasteiger charge is 2.36. The molecule has 0 aromatic heterocycles. The van der Waals surface area contributed by atoms with E-state index in [1.54, 1.807) is 0 Å². The van der Waals surface area contributed by atoms with Crippen LogP contribution in [0.25, 0.3) is 0 Å². The van der Waals surface area contributed by atoms with Crippen LogP contribution in [0.5, 0.6) is 0 Å². The van der Waals surface area contributed by atoms with E-state index in [0.29, 0.717) is 6.04 Å². The number of nitrogens with zero attached hydrogens (tertiary/aromatic N) is 2. The van der Waals surface area contributed by atoms with Gasteiger partial charge in [-0.1, -0.05) is 6.92 Å². The molecule has 2 aliphatic rings. The molecular formula is C18H34N4. The van der Waals surface area contributed by atoms with Crippen molar-refractivity contribution in [3.05, 3.63) is 0 Å². The lowest BCUT2D eigenvalue weighted by Gasteiger charge is -2.43. The maximum absolute atomic E-state index is 4.67. The third kappa shape index (κ3) is 4.88. The molecule has 0 bridgehead atoms. The summed E-state index contributed by atoms with van der Waals surface area (Å²) in [7, 11) is 0. The molecule has 4 nitrogen and oxygen atoms in total. The fourth-order valence-electron chi connectivity index (χ4n) is 4.14. The van der Waals surface area contributed by atoms with Gasteiger partial charge in [0.15, 0.2) is 0 Å². The molecule has 0 radical (unpaired) electrons.